The van der Waals surface area contributed by atoms with Crippen LogP contribution in [0.1, 0.15) is 241 Å². The van der Waals surface area contributed by atoms with Crippen LogP contribution in [0.15, 0.2) is 176 Å². The maximum absolute atomic E-state index is 2.74. The molecule has 0 unspecified atom stereocenters. The monoisotopic (exact) mass is 1270 g/mol. The fourth-order valence-electron chi connectivity index (χ4n) is 16.3. The number of rotatable bonds is 8. The Hall–Kier alpha value is -7.76. The normalized spacial score (nSPS) is 16.9. The van der Waals surface area contributed by atoms with E-state index in [1.54, 1.807) is 0 Å². The highest BCUT2D eigenvalue weighted by molar-refractivity contribution is 7.00. The smallest absolute Gasteiger partial charge is 0.252 e. The molecule has 2 heterocycles. The standard InChI is InChI=1S/C91H109BN4/c1-58-51-63(87(14,15)16)33-46-77(58)96-78-53-69(93(64-34-25-59(26-35-64)83(2,3)4)65-36-27-60(28-37-65)84(5,6)7)43-45-75(78)92-76-56-73-74(91(23,24)50-49-90(73,21)22)57-79(76)95(68-42-44-71-72(52-68)89(19,20)48-47-88(71,17)18)80-54-70(55-81(96)82(80)92)94(66-38-29-61(30-39-66)85(8,9)10)67-40-31-62(32-41-67)86(11,12)13/h25-46,51-57H,47-50H2,1-24H3. The van der Waals surface area contributed by atoms with Crippen molar-refractivity contribution in [1.82, 2.24) is 0 Å². The first-order valence-electron chi connectivity index (χ1n) is 36.0. The van der Waals surface area contributed by atoms with Crippen LogP contribution in [-0.2, 0) is 48.7 Å². The molecule has 496 valence electrons. The molecule has 0 bridgehead atoms. The summed E-state index contributed by atoms with van der Waals surface area (Å²) in [7, 11) is 0. The Labute approximate surface area is 579 Å². The van der Waals surface area contributed by atoms with Crippen molar-refractivity contribution in [1.29, 1.82) is 0 Å². The molecular weight excluding hydrogens is 1160 g/mol. The van der Waals surface area contributed by atoms with Crippen molar-refractivity contribution >= 4 is 91.3 Å². The van der Waals surface area contributed by atoms with Gasteiger partial charge >= 0.3 is 0 Å². The molecule has 0 N–H and O–H groups in total. The zero-order valence-corrected chi connectivity index (χ0v) is 62.9. The van der Waals surface area contributed by atoms with Gasteiger partial charge in [-0.1, -0.05) is 238 Å². The van der Waals surface area contributed by atoms with Crippen LogP contribution < -0.4 is 36.0 Å². The lowest BCUT2D eigenvalue weighted by atomic mass is 9.33. The van der Waals surface area contributed by atoms with Crippen LogP contribution in [0, 0.1) is 6.92 Å². The van der Waals surface area contributed by atoms with Gasteiger partial charge in [-0.3, -0.25) is 0 Å². The lowest BCUT2D eigenvalue weighted by Gasteiger charge is -2.48. The highest BCUT2D eigenvalue weighted by Crippen LogP contribution is 2.55. The summed E-state index contributed by atoms with van der Waals surface area (Å²) in [5.74, 6) is 0. The van der Waals surface area contributed by atoms with E-state index in [0.29, 0.717) is 0 Å². The average Bonchev–Trinajstić information content (AvgIpc) is 0.686. The summed E-state index contributed by atoms with van der Waals surface area (Å²) in [6.45, 7) is 57.0. The first kappa shape index (κ1) is 66.8. The van der Waals surface area contributed by atoms with Crippen LogP contribution >= 0.6 is 0 Å². The summed E-state index contributed by atoms with van der Waals surface area (Å²) in [4.78, 5) is 10.5. The van der Waals surface area contributed by atoms with Crippen molar-refractivity contribution in [2.45, 2.75) is 241 Å². The second-order valence-corrected chi connectivity index (χ2v) is 37.1. The molecule has 2 aliphatic carbocycles. The van der Waals surface area contributed by atoms with Crippen LogP contribution in [0.2, 0.25) is 0 Å². The molecule has 2 aliphatic heterocycles. The molecule has 0 radical (unpaired) electrons. The van der Waals surface area contributed by atoms with E-state index in [2.05, 4.69) is 362 Å². The second-order valence-electron chi connectivity index (χ2n) is 37.1. The lowest BCUT2D eigenvalue weighted by Crippen LogP contribution is -2.62. The quantitative estimate of drug-likeness (QED) is 0.141. The summed E-state index contributed by atoms with van der Waals surface area (Å²) in [6, 6.07) is 70.7. The fourth-order valence-corrected chi connectivity index (χ4v) is 16.3. The van der Waals surface area contributed by atoms with Gasteiger partial charge in [0.2, 0.25) is 0 Å². The van der Waals surface area contributed by atoms with Gasteiger partial charge in [0.25, 0.3) is 6.71 Å². The van der Waals surface area contributed by atoms with Gasteiger partial charge in [0.05, 0.1) is 5.69 Å². The molecule has 9 aromatic rings. The molecule has 0 atom stereocenters. The van der Waals surface area contributed by atoms with Gasteiger partial charge in [-0.15, -0.1) is 0 Å². The van der Waals surface area contributed by atoms with E-state index in [0.717, 1.165) is 59.8 Å². The Kier molecular flexibility index (Phi) is 15.8. The van der Waals surface area contributed by atoms with Crippen LogP contribution in [-0.4, -0.2) is 6.71 Å². The molecule has 0 fully saturated rings. The van der Waals surface area contributed by atoms with Crippen molar-refractivity contribution in [2.24, 2.45) is 0 Å². The first-order chi connectivity index (χ1) is 44.6. The molecule has 0 amide bonds. The third kappa shape index (κ3) is 11.7. The Morgan fingerprint density at radius 3 is 1.05 bits per heavy atom. The zero-order chi connectivity index (χ0) is 69.2. The molecule has 13 rings (SSSR count). The first-order valence-corrected chi connectivity index (χ1v) is 36.0. The van der Waals surface area contributed by atoms with Gasteiger partial charge < -0.3 is 19.6 Å². The largest absolute Gasteiger partial charge is 0.311 e. The van der Waals surface area contributed by atoms with E-state index in [1.165, 1.54) is 106 Å². The topological polar surface area (TPSA) is 13.0 Å². The third-order valence-corrected chi connectivity index (χ3v) is 22.9. The molecular formula is C91H109BN4. The van der Waals surface area contributed by atoms with Crippen molar-refractivity contribution in [3.63, 3.8) is 0 Å². The number of hydrogen-bond donors (Lipinski definition) is 0. The molecule has 0 spiro atoms. The number of nitrogens with zero attached hydrogens (tertiary/aromatic N) is 4. The maximum Gasteiger partial charge on any atom is 0.252 e. The van der Waals surface area contributed by atoms with E-state index in [-0.39, 0.29) is 55.4 Å². The Morgan fingerprint density at radius 2 is 0.635 bits per heavy atom. The number of aryl methyl sites for hydroxylation is 1. The number of fused-ring (bicyclic) bond motifs is 6. The Morgan fingerprint density at radius 1 is 0.292 bits per heavy atom. The zero-order valence-electron chi connectivity index (χ0n) is 62.9. The highest BCUT2D eigenvalue weighted by atomic mass is 15.2. The predicted molar refractivity (Wildman–Crippen MR) is 419 cm³/mol. The van der Waals surface area contributed by atoms with Crippen molar-refractivity contribution in [3.05, 3.63) is 232 Å². The highest BCUT2D eigenvalue weighted by Gasteiger charge is 2.48. The molecule has 5 heteroatoms. The molecule has 9 aromatic carbocycles. The van der Waals surface area contributed by atoms with E-state index in [9.17, 15) is 0 Å². The molecule has 0 saturated heterocycles. The number of hydrogen-bond acceptors (Lipinski definition) is 4. The maximum atomic E-state index is 2.74. The third-order valence-electron chi connectivity index (χ3n) is 22.9. The molecule has 0 aromatic heterocycles. The van der Waals surface area contributed by atoms with Crippen LogP contribution in [0.3, 0.4) is 0 Å². The number of benzene rings is 9. The Balaban J connectivity index is 1.19. The van der Waals surface area contributed by atoms with Gasteiger partial charge in [0.1, 0.15) is 0 Å². The summed E-state index contributed by atoms with van der Waals surface area (Å²) >= 11 is 0. The summed E-state index contributed by atoms with van der Waals surface area (Å²) < 4.78 is 0. The molecule has 4 aliphatic rings. The van der Waals surface area contributed by atoms with E-state index < -0.39 is 0 Å². The minimum absolute atomic E-state index is 0.000362. The van der Waals surface area contributed by atoms with Gasteiger partial charge in [0.15, 0.2) is 0 Å². The minimum Gasteiger partial charge on any atom is -0.311 e. The van der Waals surface area contributed by atoms with E-state index in [1.807, 2.05) is 0 Å². The van der Waals surface area contributed by atoms with E-state index >= 15 is 0 Å². The van der Waals surface area contributed by atoms with Crippen molar-refractivity contribution < 1.29 is 0 Å². The van der Waals surface area contributed by atoms with Gasteiger partial charge in [0, 0.05) is 62.6 Å². The lowest BCUT2D eigenvalue weighted by molar-refractivity contribution is 0.332. The minimum atomic E-state index is -0.125. The second kappa shape index (κ2) is 22.7. The van der Waals surface area contributed by atoms with Crippen LogP contribution in [0.25, 0.3) is 0 Å². The van der Waals surface area contributed by atoms with Gasteiger partial charge in [-0.05, 0) is 250 Å². The van der Waals surface area contributed by atoms with Crippen LogP contribution in [0.5, 0.6) is 0 Å². The summed E-state index contributed by atoms with van der Waals surface area (Å²) in [5.41, 5.74) is 31.5. The van der Waals surface area contributed by atoms with Gasteiger partial charge in [-0.25, -0.2) is 0 Å². The average molecular weight is 1270 g/mol. The molecule has 0 saturated carbocycles. The fraction of sp³-hybridized carbons (Fsp3) is 0.407. The SMILES string of the molecule is Cc1cc(C(C)(C)C)ccc1N1c2cc(N(c3ccc(C(C)(C)C)cc3)c3ccc(C(C)(C)C)cc3)ccc2B2c3cc4c(cc3N(c3ccc5c(c3)C(C)(C)CCC5(C)C)c3cc(N(c5ccc(C(C)(C)C)cc5)c5ccc(C(C)(C)C)cc5)cc1c32)C(C)(C)CCC4(C)C. The van der Waals surface area contributed by atoms with E-state index in [4.69, 9.17) is 0 Å². The number of anilines is 12. The Bertz CT molecular complexity index is 4370. The summed E-state index contributed by atoms with van der Waals surface area (Å²) in [5, 5.41) is 0. The predicted octanol–water partition coefficient (Wildman–Crippen LogP) is 24.2. The summed E-state index contributed by atoms with van der Waals surface area (Å²) in [6.07, 6.45) is 4.55. The molecule has 4 nitrogen and oxygen atoms in total. The van der Waals surface area contributed by atoms with Gasteiger partial charge in [-0.2, -0.15) is 0 Å². The van der Waals surface area contributed by atoms with Crippen LogP contribution in [0.4, 0.5) is 68.2 Å². The van der Waals surface area contributed by atoms with Crippen molar-refractivity contribution in [3.8, 4) is 0 Å². The molecule has 96 heavy (non-hydrogen) atoms. The van der Waals surface area contributed by atoms with Crippen molar-refractivity contribution in [2.75, 3.05) is 19.6 Å².